The van der Waals surface area contributed by atoms with Gasteiger partial charge in [0.15, 0.2) is 5.03 Å². The van der Waals surface area contributed by atoms with Crippen LogP contribution in [0.2, 0.25) is 5.02 Å². The van der Waals surface area contributed by atoms with Crippen LogP contribution < -0.4 is 4.72 Å². The van der Waals surface area contributed by atoms with Crippen molar-refractivity contribution in [1.82, 2.24) is 9.71 Å². The van der Waals surface area contributed by atoms with E-state index in [-0.39, 0.29) is 11.4 Å². The molecule has 0 aromatic carbocycles. The lowest BCUT2D eigenvalue weighted by molar-refractivity contribution is -0.119. The number of sulfonamides is 1. The molecule has 0 unspecified atom stereocenters. The lowest BCUT2D eigenvalue weighted by Gasteiger charge is -2.04. The molecule has 0 fully saturated rings. The highest BCUT2D eigenvalue weighted by Gasteiger charge is 2.17. The van der Waals surface area contributed by atoms with E-state index < -0.39 is 15.9 Å². The molecule has 1 N–H and O–H groups in total. The molecule has 82 valence electrons. The second-order valence-corrected chi connectivity index (χ2v) is 4.76. The summed E-state index contributed by atoms with van der Waals surface area (Å²) in [5.74, 6) is -0.577. The van der Waals surface area contributed by atoms with Crippen LogP contribution >= 0.6 is 11.6 Å². The van der Waals surface area contributed by atoms with E-state index in [1.54, 1.807) is 6.92 Å². The van der Waals surface area contributed by atoms with E-state index >= 15 is 0 Å². The molecule has 15 heavy (non-hydrogen) atoms. The first-order valence-electron chi connectivity index (χ1n) is 4.13. The Balaban J connectivity index is 2.96. The number of amides is 1. The maximum absolute atomic E-state index is 11.5. The standard InChI is InChI=1S/C8H9ClN2O3S/c1-2-7(12)11-15(13,14)8-4-3-6(9)5-10-8/h3-5H,2H2,1H3,(H,11,12). The van der Waals surface area contributed by atoms with Crippen LogP contribution in [0.4, 0.5) is 0 Å². The van der Waals surface area contributed by atoms with Crippen molar-refractivity contribution in [3.05, 3.63) is 23.4 Å². The molecule has 0 saturated heterocycles. The van der Waals surface area contributed by atoms with Gasteiger partial charge >= 0.3 is 0 Å². The molecule has 0 radical (unpaired) electrons. The lowest BCUT2D eigenvalue weighted by Crippen LogP contribution is -2.30. The van der Waals surface area contributed by atoms with Gasteiger partial charge in [0.05, 0.1) is 5.02 Å². The number of nitrogens with zero attached hydrogens (tertiary/aromatic N) is 1. The SMILES string of the molecule is CCC(=O)NS(=O)(=O)c1ccc(Cl)cn1. The monoisotopic (exact) mass is 248 g/mol. The highest BCUT2D eigenvalue weighted by atomic mass is 35.5. The third-order valence-corrected chi connectivity index (χ3v) is 3.06. The van der Waals surface area contributed by atoms with Crippen molar-refractivity contribution < 1.29 is 13.2 Å². The van der Waals surface area contributed by atoms with Gasteiger partial charge in [-0.15, -0.1) is 0 Å². The van der Waals surface area contributed by atoms with Crippen LogP contribution in [0.15, 0.2) is 23.4 Å². The molecular weight excluding hydrogens is 240 g/mol. The average Bonchev–Trinajstić information content (AvgIpc) is 2.17. The second kappa shape index (κ2) is 4.59. The Bertz CT molecular complexity index is 455. The zero-order valence-electron chi connectivity index (χ0n) is 7.90. The number of carbonyl (C=O) groups is 1. The molecule has 0 spiro atoms. The normalized spacial score (nSPS) is 11.1. The van der Waals surface area contributed by atoms with Crippen LogP contribution in [0.5, 0.6) is 0 Å². The van der Waals surface area contributed by atoms with Crippen molar-refractivity contribution in [2.24, 2.45) is 0 Å². The van der Waals surface area contributed by atoms with Gasteiger partial charge in [-0.1, -0.05) is 18.5 Å². The number of hydrogen-bond donors (Lipinski definition) is 1. The molecule has 7 heteroatoms. The smallest absolute Gasteiger partial charge is 0.274 e. The minimum Gasteiger partial charge on any atom is -0.274 e. The van der Waals surface area contributed by atoms with Gasteiger partial charge in [-0.25, -0.2) is 9.71 Å². The van der Waals surface area contributed by atoms with E-state index in [1.165, 1.54) is 18.3 Å². The second-order valence-electron chi connectivity index (χ2n) is 2.70. The highest BCUT2D eigenvalue weighted by molar-refractivity contribution is 7.90. The van der Waals surface area contributed by atoms with Crippen LogP contribution in [0.3, 0.4) is 0 Å². The maximum atomic E-state index is 11.5. The Kier molecular flexibility index (Phi) is 3.65. The Morgan fingerprint density at radius 1 is 1.53 bits per heavy atom. The molecule has 0 bridgehead atoms. The zero-order chi connectivity index (χ0) is 11.5. The predicted molar refractivity (Wildman–Crippen MR) is 54.9 cm³/mol. The zero-order valence-corrected chi connectivity index (χ0v) is 9.47. The lowest BCUT2D eigenvalue weighted by atomic mass is 10.5. The molecule has 5 nitrogen and oxygen atoms in total. The molecule has 0 aliphatic heterocycles. The van der Waals surface area contributed by atoms with Crippen LogP contribution in [0.1, 0.15) is 13.3 Å². The Labute approximate surface area is 92.5 Å². The van der Waals surface area contributed by atoms with Crippen LogP contribution in [0.25, 0.3) is 0 Å². The first-order chi connectivity index (χ1) is 6.95. The first kappa shape index (κ1) is 11.9. The molecule has 1 aromatic rings. The molecule has 1 rings (SSSR count). The average molecular weight is 249 g/mol. The highest BCUT2D eigenvalue weighted by Crippen LogP contribution is 2.10. The summed E-state index contributed by atoms with van der Waals surface area (Å²) >= 11 is 5.55. The summed E-state index contributed by atoms with van der Waals surface area (Å²) in [6.07, 6.45) is 1.29. The summed E-state index contributed by atoms with van der Waals surface area (Å²) in [6, 6.07) is 2.62. The van der Waals surface area contributed by atoms with Gasteiger partial charge in [-0.3, -0.25) is 4.79 Å². The number of pyridine rings is 1. The molecule has 0 aliphatic carbocycles. The van der Waals surface area contributed by atoms with Crippen LogP contribution in [0, 0.1) is 0 Å². The van der Waals surface area contributed by atoms with Gasteiger partial charge in [-0.2, -0.15) is 8.42 Å². The number of hydrogen-bond acceptors (Lipinski definition) is 4. The van der Waals surface area contributed by atoms with Crippen LogP contribution in [-0.2, 0) is 14.8 Å². The quantitative estimate of drug-likeness (QED) is 0.864. The third-order valence-electron chi connectivity index (χ3n) is 1.54. The van der Waals surface area contributed by atoms with Gasteiger partial charge in [0.1, 0.15) is 0 Å². The molecule has 1 aromatic heterocycles. The topological polar surface area (TPSA) is 76.1 Å². The number of halogens is 1. The summed E-state index contributed by atoms with van der Waals surface area (Å²) in [6.45, 7) is 1.56. The summed E-state index contributed by atoms with van der Waals surface area (Å²) in [7, 11) is -3.86. The fourth-order valence-electron chi connectivity index (χ4n) is 0.796. The summed E-state index contributed by atoms with van der Waals surface area (Å²) in [4.78, 5) is 14.5. The van der Waals surface area contributed by atoms with E-state index in [1.807, 2.05) is 4.72 Å². The predicted octanol–water partition coefficient (Wildman–Crippen LogP) is 0.950. The Morgan fingerprint density at radius 2 is 2.20 bits per heavy atom. The van der Waals surface area contributed by atoms with E-state index in [4.69, 9.17) is 11.6 Å². The number of rotatable bonds is 3. The Hall–Kier alpha value is -1.14. The molecular formula is C8H9ClN2O3S. The minimum absolute atomic E-state index is 0.0901. The number of nitrogens with one attached hydrogen (secondary N) is 1. The van der Waals surface area contributed by atoms with Gasteiger partial charge in [0, 0.05) is 12.6 Å². The van der Waals surface area contributed by atoms with Crippen molar-refractivity contribution in [1.29, 1.82) is 0 Å². The summed E-state index contributed by atoms with van der Waals surface area (Å²) < 4.78 is 24.8. The molecule has 1 heterocycles. The molecule has 0 atom stereocenters. The van der Waals surface area contributed by atoms with E-state index in [0.717, 1.165) is 0 Å². The molecule has 1 amide bonds. The van der Waals surface area contributed by atoms with Crippen molar-refractivity contribution >= 4 is 27.5 Å². The maximum Gasteiger partial charge on any atom is 0.281 e. The van der Waals surface area contributed by atoms with E-state index in [2.05, 4.69) is 4.98 Å². The summed E-state index contributed by atoms with van der Waals surface area (Å²) in [5, 5.41) is 0.101. The van der Waals surface area contributed by atoms with E-state index in [9.17, 15) is 13.2 Å². The van der Waals surface area contributed by atoms with Crippen molar-refractivity contribution in [2.75, 3.05) is 0 Å². The van der Waals surface area contributed by atoms with Gasteiger partial charge in [0.25, 0.3) is 10.0 Å². The Morgan fingerprint density at radius 3 is 2.67 bits per heavy atom. The fourth-order valence-corrected chi connectivity index (χ4v) is 1.89. The molecule has 0 saturated carbocycles. The first-order valence-corrected chi connectivity index (χ1v) is 5.99. The number of carbonyl (C=O) groups excluding carboxylic acids is 1. The van der Waals surface area contributed by atoms with E-state index in [0.29, 0.717) is 5.02 Å². The third kappa shape index (κ3) is 3.17. The van der Waals surface area contributed by atoms with Crippen molar-refractivity contribution in [2.45, 2.75) is 18.4 Å². The van der Waals surface area contributed by atoms with Crippen LogP contribution in [-0.4, -0.2) is 19.3 Å². The van der Waals surface area contributed by atoms with Gasteiger partial charge < -0.3 is 0 Å². The van der Waals surface area contributed by atoms with Crippen molar-refractivity contribution in [3.63, 3.8) is 0 Å². The number of aromatic nitrogens is 1. The summed E-state index contributed by atoms with van der Waals surface area (Å²) in [5.41, 5.74) is 0. The van der Waals surface area contributed by atoms with Gasteiger partial charge in [0.2, 0.25) is 5.91 Å². The van der Waals surface area contributed by atoms with Gasteiger partial charge in [-0.05, 0) is 12.1 Å². The minimum atomic E-state index is -3.86. The van der Waals surface area contributed by atoms with Crippen molar-refractivity contribution in [3.8, 4) is 0 Å². The molecule has 0 aliphatic rings. The largest absolute Gasteiger partial charge is 0.281 e. The fraction of sp³-hybridized carbons (Fsp3) is 0.250.